The Balaban J connectivity index is 0.00000289. The Morgan fingerprint density at radius 3 is 2.61 bits per heavy atom. The van der Waals surface area contributed by atoms with Crippen molar-refractivity contribution in [3.05, 3.63) is 29.8 Å². The molecule has 1 aromatic rings. The van der Waals surface area contributed by atoms with E-state index in [2.05, 4.69) is 5.32 Å². The summed E-state index contributed by atoms with van der Waals surface area (Å²) in [6.07, 6.45) is 0. The molecule has 7 heteroatoms. The molecule has 0 saturated carbocycles. The molecule has 18 heavy (non-hydrogen) atoms. The number of rotatable bonds is 5. The Hall–Kier alpha value is -1.08. The van der Waals surface area contributed by atoms with Crippen LogP contribution in [0.4, 0.5) is 0 Å². The van der Waals surface area contributed by atoms with Crippen molar-refractivity contribution in [3.63, 3.8) is 0 Å². The molecule has 0 bridgehead atoms. The van der Waals surface area contributed by atoms with Gasteiger partial charge in [0.25, 0.3) is 5.91 Å². The summed E-state index contributed by atoms with van der Waals surface area (Å²) in [5.74, 6) is -0.214. The van der Waals surface area contributed by atoms with Crippen molar-refractivity contribution in [2.75, 3.05) is 27.2 Å². The van der Waals surface area contributed by atoms with Gasteiger partial charge in [0.05, 0.1) is 0 Å². The first-order valence-electron chi connectivity index (χ1n) is 5.39. The predicted octanol–water partition coefficient (Wildman–Crippen LogP) is -0.920. The van der Waals surface area contributed by atoms with Gasteiger partial charge in [-0.2, -0.15) is 0 Å². The van der Waals surface area contributed by atoms with E-state index in [9.17, 15) is 4.79 Å². The van der Waals surface area contributed by atoms with Crippen molar-refractivity contribution >= 4 is 30.9 Å². The number of amides is 1. The van der Waals surface area contributed by atoms with Gasteiger partial charge in [-0.25, -0.2) is 0 Å². The van der Waals surface area contributed by atoms with E-state index in [4.69, 9.17) is 10.0 Å². The van der Waals surface area contributed by atoms with Gasteiger partial charge in [-0.1, -0.05) is 12.1 Å². The van der Waals surface area contributed by atoms with E-state index in [0.29, 0.717) is 17.6 Å². The largest absolute Gasteiger partial charge is 0.488 e. The first kappa shape index (κ1) is 16.9. The lowest BCUT2D eigenvalue weighted by Gasteiger charge is -2.10. The fourth-order valence-corrected chi connectivity index (χ4v) is 1.34. The van der Waals surface area contributed by atoms with E-state index < -0.39 is 7.12 Å². The van der Waals surface area contributed by atoms with Crippen LogP contribution in [0.5, 0.6) is 0 Å². The summed E-state index contributed by atoms with van der Waals surface area (Å²) in [4.78, 5) is 13.7. The van der Waals surface area contributed by atoms with Crippen molar-refractivity contribution in [1.82, 2.24) is 10.2 Å². The van der Waals surface area contributed by atoms with Crippen LogP contribution >= 0.6 is 12.4 Å². The van der Waals surface area contributed by atoms with Crippen LogP contribution < -0.4 is 10.8 Å². The molecule has 1 amide bonds. The van der Waals surface area contributed by atoms with Crippen LogP contribution in [0.15, 0.2) is 24.3 Å². The summed E-state index contributed by atoms with van der Waals surface area (Å²) >= 11 is 0. The van der Waals surface area contributed by atoms with E-state index in [-0.39, 0.29) is 18.3 Å². The van der Waals surface area contributed by atoms with Crippen molar-refractivity contribution < 1.29 is 14.8 Å². The second kappa shape index (κ2) is 8.10. The van der Waals surface area contributed by atoms with Crippen molar-refractivity contribution in [1.29, 1.82) is 0 Å². The van der Waals surface area contributed by atoms with Crippen molar-refractivity contribution in [3.8, 4) is 0 Å². The lowest BCUT2D eigenvalue weighted by atomic mass is 9.79. The van der Waals surface area contributed by atoms with Crippen LogP contribution in [0, 0.1) is 0 Å². The molecule has 0 aliphatic heterocycles. The van der Waals surface area contributed by atoms with E-state index in [1.165, 1.54) is 6.07 Å². The molecule has 0 spiro atoms. The van der Waals surface area contributed by atoms with Gasteiger partial charge in [-0.15, -0.1) is 12.4 Å². The number of hydrogen-bond donors (Lipinski definition) is 3. The summed E-state index contributed by atoms with van der Waals surface area (Å²) in [5, 5.41) is 20.7. The number of hydrogen-bond acceptors (Lipinski definition) is 4. The molecule has 0 atom stereocenters. The molecule has 1 aromatic carbocycles. The summed E-state index contributed by atoms with van der Waals surface area (Å²) in [6.45, 7) is 1.31. The van der Waals surface area contributed by atoms with Crippen LogP contribution in [0.1, 0.15) is 10.4 Å². The number of nitrogens with one attached hydrogen (secondary N) is 1. The van der Waals surface area contributed by atoms with Gasteiger partial charge >= 0.3 is 7.12 Å². The molecule has 0 saturated heterocycles. The van der Waals surface area contributed by atoms with E-state index in [1.54, 1.807) is 18.2 Å². The lowest BCUT2D eigenvalue weighted by Crippen LogP contribution is -2.34. The predicted molar refractivity (Wildman–Crippen MR) is 74.4 cm³/mol. The molecular formula is C11H18BClN2O3. The van der Waals surface area contributed by atoms with Crippen LogP contribution in [-0.2, 0) is 0 Å². The molecule has 0 aromatic heterocycles. The SMILES string of the molecule is CN(C)CCNC(=O)c1cccc(B(O)O)c1.Cl. The zero-order chi connectivity index (χ0) is 12.8. The maximum atomic E-state index is 11.7. The second-order valence-electron chi connectivity index (χ2n) is 4.06. The molecule has 0 aliphatic carbocycles. The first-order valence-corrected chi connectivity index (χ1v) is 5.39. The number of carbonyl (C=O) groups is 1. The first-order chi connectivity index (χ1) is 8.00. The molecule has 0 aliphatic rings. The van der Waals surface area contributed by atoms with Gasteiger partial charge in [-0.05, 0) is 31.7 Å². The minimum Gasteiger partial charge on any atom is -0.423 e. The van der Waals surface area contributed by atoms with E-state index in [0.717, 1.165) is 6.54 Å². The fraction of sp³-hybridized carbons (Fsp3) is 0.364. The Labute approximate surface area is 113 Å². The maximum absolute atomic E-state index is 11.7. The normalized spacial score (nSPS) is 9.83. The summed E-state index contributed by atoms with van der Waals surface area (Å²) in [7, 11) is 2.30. The standard InChI is InChI=1S/C11H17BN2O3.ClH/c1-14(2)7-6-13-11(15)9-4-3-5-10(8-9)12(16)17;/h3-5,8,16-17H,6-7H2,1-2H3,(H,13,15);1H. The minimum absolute atomic E-state index is 0. The van der Waals surface area contributed by atoms with Gasteiger partial charge < -0.3 is 20.3 Å². The summed E-state index contributed by atoms with van der Waals surface area (Å²) < 4.78 is 0. The molecule has 0 fully saturated rings. The average molecular weight is 273 g/mol. The van der Waals surface area contributed by atoms with Gasteiger partial charge in [-0.3, -0.25) is 4.79 Å². The quantitative estimate of drug-likeness (QED) is 0.606. The van der Waals surface area contributed by atoms with Gasteiger partial charge in [0, 0.05) is 18.7 Å². The Morgan fingerprint density at radius 1 is 1.39 bits per heavy atom. The third-order valence-electron chi connectivity index (χ3n) is 2.29. The highest BCUT2D eigenvalue weighted by molar-refractivity contribution is 6.58. The average Bonchev–Trinajstić information content (AvgIpc) is 2.28. The van der Waals surface area contributed by atoms with Crippen molar-refractivity contribution in [2.24, 2.45) is 0 Å². The van der Waals surface area contributed by atoms with Crippen LogP contribution in [-0.4, -0.2) is 55.2 Å². The second-order valence-corrected chi connectivity index (χ2v) is 4.06. The Morgan fingerprint density at radius 2 is 2.06 bits per heavy atom. The number of halogens is 1. The van der Waals surface area contributed by atoms with Gasteiger partial charge in [0.15, 0.2) is 0 Å². The third-order valence-corrected chi connectivity index (χ3v) is 2.29. The molecule has 5 nitrogen and oxygen atoms in total. The molecule has 0 radical (unpaired) electrons. The number of likely N-dealkylation sites (N-methyl/N-ethyl adjacent to an activating group) is 1. The van der Waals surface area contributed by atoms with Gasteiger partial charge in [0.2, 0.25) is 0 Å². The minimum atomic E-state index is -1.55. The van der Waals surface area contributed by atoms with Crippen LogP contribution in [0.25, 0.3) is 0 Å². The third kappa shape index (κ3) is 5.51. The maximum Gasteiger partial charge on any atom is 0.488 e. The highest BCUT2D eigenvalue weighted by Gasteiger charge is 2.13. The molecule has 3 N–H and O–H groups in total. The Bertz CT molecular complexity index is 388. The fourth-order valence-electron chi connectivity index (χ4n) is 1.34. The molecule has 0 unspecified atom stereocenters. The van der Waals surface area contributed by atoms with Crippen molar-refractivity contribution in [2.45, 2.75) is 0 Å². The van der Waals surface area contributed by atoms with Crippen LogP contribution in [0.2, 0.25) is 0 Å². The molecule has 100 valence electrons. The monoisotopic (exact) mass is 272 g/mol. The zero-order valence-electron chi connectivity index (χ0n) is 10.5. The Kier molecular flexibility index (Phi) is 7.62. The highest BCUT2D eigenvalue weighted by Crippen LogP contribution is 1.97. The molecule has 1 rings (SSSR count). The number of nitrogens with zero attached hydrogens (tertiary/aromatic N) is 1. The summed E-state index contributed by atoms with van der Waals surface area (Å²) in [6, 6.07) is 6.28. The molecular weight excluding hydrogens is 254 g/mol. The van der Waals surface area contributed by atoms with E-state index in [1.807, 2.05) is 19.0 Å². The number of benzene rings is 1. The summed E-state index contributed by atoms with van der Waals surface area (Å²) in [5.41, 5.74) is 0.736. The lowest BCUT2D eigenvalue weighted by molar-refractivity contribution is 0.0951. The smallest absolute Gasteiger partial charge is 0.423 e. The van der Waals surface area contributed by atoms with Gasteiger partial charge in [0.1, 0.15) is 0 Å². The topological polar surface area (TPSA) is 72.8 Å². The van der Waals surface area contributed by atoms with E-state index >= 15 is 0 Å². The highest BCUT2D eigenvalue weighted by atomic mass is 35.5. The zero-order valence-corrected chi connectivity index (χ0v) is 11.3. The molecule has 0 heterocycles. The van der Waals surface area contributed by atoms with Crippen LogP contribution in [0.3, 0.4) is 0 Å². The number of carbonyl (C=O) groups excluding carboxylic acids is 1.